The summed E-state index contributed by atoms with van der Waals surface area (Å²) in [5, 5.41) is 0.368. The van der Waals surface area contributed by atoms with Crippen LogP contribution in [0.4, 0.5) is 5.82 Å². The first kappa shape index (κ1) is 18.3. The number of halogens is 1. The smallest absolute Gasteiger partial charge is 0.160 e. The van der Waals surface area contributed by atoms with E-state index in [1.165, 1.54) is 0 Å². The zero-order valence-corrected chi connectivity index (χ0v) is 15.8. The van der Waals surface area contributed by atoms with Gasteiger partial charge in [-0.3, -0.25) is 0 Å². The van der Waals surface area contributed by atoms with Crippen molar-refractivity contribution < 1.29 is 8.76 Å². The van der Waals surface area contributed by atoms with Crippen LogP contribution in [0.25, 0.3) is 0 Å². The summed E-state index contributed by atoms with van der Waals surface area (Å²) in [7, 11) is 0. The van der Waals surface area contributed by atoms with Crippen LogP contribution in [-0.4, -0.2) is 31.8 Å². The minimum Gasteiger partial charge on any atom is -0.356 e. The molecule has 2 heterocycles. The van der Waals surface area contributed by atoms with Crippen molar-refractivity contribution >= 4 is 28.5 Å². The lowest BCUT2D eigenvalue weighted by molar-refractivity contribution is 0.435. The van der Waals surface area contributed by atoms with Crippen molar-refractivity contribution in [2.75, 3.05) is 18.0 Å². The SMILES string of the molecule is CC1CCN(c2nc(CS(=O)O)nc(Cl)c2Cc2ccccc2)CC1. The highest BCUT2D eigenvalue weighted by molar-refractivity contribution is 7.78. The molecule has 0 aliphatic carbocycles. The molecule has 1 aliphatic rings. The predicted octanol–water partition coefficient (Wildman–Crippen LogP) is 3.68. The Kier molecular flexibility index (Phi) is 6.04. The van der Waals surface area contributed by atoms with E-state index in [1.807, 2.05) is 18.2 Å². The van der Waals surface area contributed by atoms with Crippen molar-refractivity contribution in [2.24, 2.45) is 5.92 Å². The third kappa shape index (κ3) is 4.77. The summed E-state index contributed by atoms with van der Waals surface area (Å²) in [6.07, 6.45) is 2.85. The normalized spacial score (nSPS) is 16.8. The van der Waals surface area contributed by atoms with Crippen molar-refractivity contribution in [3.63, 3.8) is 0 Å². The van der Waals surface area contributed by atoms with Crippen molar-refractivity contribution in [2.45, 2.75) is 31.9 Å². The maximum Gasteiger partial charge on any atom is 0.160 e. The van der Waals surface area contributed by atoms with Crippen LogP contribution in [0.3, 0.4) is 0 Å². The van der Waals surface area contributed by atoms with Gasteiger partial charge in [-0.05, 0) is 24.3 Å². The van der Waals surface area contributed by atoms with Crippen LogP contribution in [0.1, 0.15) is 36.7 Å². The molecule has 134 valence electrons. The van der Waals surface area contributed by atoms with Crippen molar-refractivity contribution in [3.8, 4) is 0 Å². The molecule has 7 heteroatoms. The van der Waals surface area contributed by atoms with Gasteiger partial charge >= 0.3 is 0 Å². The summed E-state index contributed by atoms with van der Waals surface area (Å²) in [5.41, 5.74) is 2.02. The third-order valence-corrected chi connectivity index (χ3v) is 5.36. The molecule has 1 atom stereocenters. The molecule has 1 N–H and O–H groups in total. The number of piperidine rings is 1. The van der Waals surface area contributed by atoms with E-state index in [0.717, 1.165) is 42.9 Å². The van der Waals surface area contributed by atoms with Gasteiger partial charge in [0.1, 0.15) is 22.5 Å². The fourth-order valence-electron chi connectivity index (χ4n) is 3.10. The van der Waals surface area contributed by atoms with Gasteiger partial charge in [-0.1, -0.05) is 48.9 Å². The zero-order valence-electron chi connectivity index (χ0n) is 14.2. The average molecular weight is 380 g/mol. The van der Waals surface area contributed by atoms with Gasteiger partial charge in [0.2, 0.25) is 0 Å². The highest BCUT2D eigenvalue weighted by atomic mass is 35.5. The molecule has 1 saturated heterocycles. The second-order valence-electron chi connectivity index (χ2n) is 6.53. The highest BCUT2D eigenvalue weighted by Gasteiger charge is 2.23. The van der Waals surface area contributed by atoms with Gasteiger partial charge in [-0.25, -0.2) is 14.2 Å². The maximum absolute atomic E-state index is 11.2. The molecule has 1 unspecified atom stereocenters. The summed E-state index contributed by atoms with van der Waals surface area (Å²) < 4.78 is 20.3. The number of anilines is 1. The summed E-state index contributed by atoms with van der Waals surface area (Å²) in [6.45, 7) is 4.09. The lowest BCUT2D eigenvalue weighted by Crippen LogP contribution is -2.34. The number of hydrogen-bond donors (Lipinski definition) is 1. The van der Waals surface area contributed by atoms with E-state index in [0.29, 0.717) is 23.3 Å². The number of nitrogens with zero attached hydrogens (tertiary/aromatic N) is 3. The molecule has 0 saturated carbocycles. The molecule has 0 spiro atoms. The van der Waals surface area contributed by atoms with Crippen LogP contribution in [-0.2, 0) is 23.3 Å². The lowest BCUT2D eigenvalue weighted by Gasteiger charge is -2.32. The molecule has 1 aromatic carbocycles. The van der Waals surface area contributed by atoms with Crippen LogP contribution in [0, 0.1) is 5.92 Å². The molecule has 1 aliphatic heterocycles. The fraction of sp³-hybridized carbons (Fsp3) is 0.444. The Balaban J connectivity index is 1.97. The predicted molar refractivity (Wildman–Crippen MR) is 101 cm³/mol. The first-order chi connectivity index (χ1) is 12.0. The van der Waals surface area contributed by atoms with Gasteiger partial charge in [-0.2, -0.15) is 0 Å². The monoisotopic (exact) mass is 379 g/mol. The van der Waals surface area contributed by atoms with Gasteiger partial charge in [0.05, 0.1) is 0 Å². The number of hydrogen-bond acceptors (Lipinski definition) is 4. The molecule has 1 fully saturated rings. The second kappa shape index (κ2) is 8.25. The Labute approximate surface area is 155 Å². The zero-order chi connectivity index (χ0) is 17.8. The summed E-state index contributed by atoms with van der Waals surface area (Å²) >= 11 is 4.47. The van der Waals surface area contributed by atoms with Gasteiger partial charge < -0.3 is 9.45 Å². The molecule has 25 heavy (non-hydrogen) atoms. The maximum atomic E-state index is 11.2. The minimum atomic E-state index is -1.99. The second-order valence-corrected chi connectivity index (χ2v) is 7.82. The molecular weight excluding hydrogens is 358 g/mol. The van der Waals surface area contributed by atoms with E-state index in [9.17, 15) is 8.76 Å². The largest absolute Gasteiger partial charge is 0.356 e. The first-order valence-corrected chi connectivity index (χ1v) is 10.1. The number of aromatic nitrogens is 2. The standard InChI is InChI=1S/C18H22ClN3O2S/c1-13-7-9-22(10-8-13)18-15(11-14-5-3-2-4-6-14)17(19)20-16(21-18)12-25(23)24/h2-6,13H,7-12H2,1H3,(H,23,24). The number of benzene rings is 1. The van der Waals surface area contributed by atoms with Crippen molar-refractivity contribution in [1.82, 2.24) is 9.97 Å². The third-order valence-electron chi connectivity index (χ3n) is 4.54. The molecule has 0 radical (unpaired) electrons. The number of rotatable bonds is 5. The van der Waals surface area contributed by atoms with E-state index >= 15 is 0 Å². The average Bonchev–Trinajstić information content (AvgIpc) is 2.58. The quantitative estimate of drug-likeness (QED) is 0.634. The van der Waals surface area contributed by atoms with Crippen LogP contribution < -0.4 is 4.90 Å². The summed E-state index contributed by atoms with van der Waals surface area (Å²) in [6, 6.07) is 10.1. The van der Waals surface area contributed by atoms with E-state index in [1.54, 1.807) is 0 Å². The minimum absolute atomic E-state index is 0.109. The molecule has 5 nitrogen and oxygen atoms in total. The Hall–Kier alpha value is -1.50. The molecular formula is C18H22ClN3O2S. The van der Waals surface area contributed by atoms with Crippen LogP contribution >= 0.6 is 11.6 Å². The highest BCUT2D eigenvalue weighted by Crippen LogP contribution is 2.30. The lowest BCUT2D eigenvalue weighted by atomic mass is 9.98. The Morgan fingerprint density at radius 3 is 2.56 bits per heavy atom. The topological polar surface area (TPSA) is 66.3 Å². The van der Waals surface area contributed by atoms with E-state index in [2.05, 4.69) is 33.9 Å². The summed E-state index contributed by atoms with van der Waals surface area (Å²) in [4.78, 5) is 11.1. The van der Waals surface area contributed by atoms with Gasteiger partial charge in [0, 0.05) is 25.1 Å². The van der Waals surface area contributed by atoms with E-state index in [4.69, 9.17) is 11.6 Å². The first-order valence-electron chi connectivity index (χ1n) is 8.44. The van der Waals surface area contributed by atoms with Crippen LogP contribution in [0.15, 0.2) is 30.3 Å². The molecule has 1 aromatic heterocycles. The van der Waals surface area contributed by atoms with Gasteiger partial charge in [0.25, 0.3) is 0 Å². The fourth-order valence-corrected chi connectivity index (χ4v) is 3.70. The van der Waals surface area contributed by atoms with Crippen molar-refractivity contribution in [1.29, 1.82) is 0 Å². The van der Waals surface area contributed by atoms with E-state index in [-0.39, 0.29) is 5.75 Å². The molecule has 0 amide bonds. The van der Waals surface area contributed by atoms with Gasteiger partial charge in [-0.15, -0.1) is 0 Å². The van der Waals surface area contributed by atoms with E-state index < -0.39 is 11.1 Å². The summed E-state index contributed by atoms with van der Waals surface area (Å²) in [5.74, 6) is 1.71. The Bertz CT molecular complexity index is 749. The molecule has 3 rings (SSSR count). The van der Waals surface area contributed by atoms with Gasteiger partial charge in [0.15, 0.2) is 11.1 Å². The Morgan fingerprint density at radius 2 is 1.92 bits per heavy atom. The molecule has 2 aromatic rings. The van der Waals surface area contributed by atoms with Crippen molar-refractivity contribution in [3.05, 3.63) is 52.4 Å². The van der Waals surface area contributed by atoms with Crippen LogP contribution in [0.5, 0.6) is 0 Å². The molecule has 0 bridgehead atoms. The van der Waals surface area contributed by atoms with Crippen LogP contribution in [0.2, 0.25) is 5.15 Å². The Morgan fingerprint density at radius 1 is 1.24 bits per heavy atom.